The van der Waals surface area contributed by atoms with Crippen molar-refractivity contribution >= 4 is 6.01 Å². The first-order valence-corrected chi connectivity index (χ1v) is 5.89. The van der Waals surface area contributed by atoms with Crippen molar-refractivity contribution in [2.45, 2.75) is 39.3 Å². The van der Waals surface area contributed by atoms with Crippen LogP contribution < -0.4 is 10.2 Å². The highest BCUT2D eigenvalue weighted by molar-refractivity contribution is 5.27. The van der Waals surface area contributed by atoms with Crippen molar-refractivity contribution in [3.63, 3.8) is 0 Å². The Kier molecular flexibility index (Phi) is 4.89. The number of nitrogens with zero attached hydrogens (tertiary/aromatic N) is 3. The summed E-state index contributed by atoms with van der Waals surface area (Å²) in [4.78, 5) is 1.78. The lowest BCUT2D eigenvalue weighted by Crippen LogP contribution is -2.44. The van der Waals surface area contributed by atoms with Gasteiger partial charge in [0.05, 0.1) is 18.7 Å². The Bertz CT molecular complexity index is 338. The largest absolute Gasteiger partial charge is 0.407 e. The van der Waals surface area contributed by atoms with Crippen molar-refractivity contribution in [3.05, 3.63) is 5.89 Å². The summed E-state index contributed by atoms with van der Waals surface area (Å²) < 4.78 is 5.51. The van der Waals surface area contributed by atoms with Gasteiger partial charge in [-0.05, 0) is 26.8 Å². The highest BCUT2D eigenvalue weighted by atomic mass is 16.4. The van der Waals surface area contributed by atoms with Crippen LogP contribution in [-0.2, 0) is 6.54 Å². The van der Waals surface area contributed by atoms with E-state index in [1.807, 2.05) is 20.9 Å². The quantitative estimate of drug-likeness (QED) is 0.688. The highest BCUT2D eigenvalue weighted by Crippen LogP contribution is 2.20. The molecule has 1 aromatic heterocycles. The molecule has 0 spiro atoms. The number of aliphatic hydroxyl groups is 1. The summed E-state index contributed by atoms with van der Waals surface area (Å²) >= 11 is 0. The molecule has 0 unspecified atom stereocenters. The minimum Gasteiger partial charge on any atom is -0.407 e. The van der Waals surface area contributed by atoms with Gasteiger partial charge in [0.25, 0.3) is 0 Å². The molecule has 6 heteroatoms. The van der Waals surface area contributed by atoms with Gasteiger partial charge in [-0.2, -0.15) is 0 Å². The van der Waals surface area contributed by atoms with Crippen molar-refractivity contribution in [3.8, 4) is 0 Å². The highest BCUT2D eigenvalue weighted by Gasteiger charge is 2.26. The van der Waals surface area contributed by atoms with Crippen LogP contribution in [0.5, 0.6) is 0 Å². The number of nitrogens with one attached hydrogen (secondary N) is 1. The first kappa shape index (κ1) is 13.9. The third kappa shape index (κ3) is 3.67. The summed E-state index contributed by atoms with van der Waals surface area (Å²) in [6, 6.07) is 0.428. The molecule has 98 valence electrons. The van der Waals surface area contributed by atoms with E-state index < -0.39 is 5.54 Å². The molecule has 0 bridgehead atoms. The minimum atomic E-state index is -0.416. The molecule has 1 rings (SSSR count). The number of aliphatic hydroxyl groups excluding tert-OH is 1. The van der Waals surface area contributed by atoms with Crippen LogP contribution in [-0.4, -0.2) is 41.0 Å². The smallest absolute Gasteiger partial charge is 0.318 e. The second-order valence-corrected chi connectivity index (χ2v) is 4.68. The van der Waals surface area contributed by atoms with Gasteiger partial charge in [0, 0.05) is 7.05 Å². The van der Waals surface area contributed by atoms with Crippen LogP contribution in [0.2, 0.25) is 0 Å². The summed E-state index contributed by atoms with van der Waals surface area (Å²) in [5.74, 6) is 0.564. The van der Waals surface area contributed by atoms with Gasteiger partial charge in [-0.15, -0.1) is 5.10 Å². The fraction of sp³-hybridized carbons (Fsp3) is 0.818. The zero-order valence-electron chi connectivity index (χ0n) is 11.0. The van der Waals surface area contributed by atoms with Gasteiger partial charge in [0.1, 0.15) is 0 Å². The van der Waals surface area contributed by atoms with Crippen molar-refractivity contribution in [2.75, 3.05) is 25.1 Å². The monoisotopic (exact) mass is 242 g/mol. The molecule has 0 fully saturated rings. The van der Waals surface area contributed by atoms with Crippen LogP contribution >= 0.6 is 0 Å². The molecule has 0 saturated heterocycles. The zero-order chi connectivity index (χ0) is 12.9. The Hall–Kier alpha value is -1.14. The number of hydrogen-bond donors (Lipinski definition) is 2. The molecule has 0 aromatic carbocycles. The molecule has 0 amide bonds. The number of rotatable bonds is 7. The van der Waals surface area contributed by atoms with Gasteiger partial charge in [-0.1, -0.05) is 12.0 Å². The van der Waals surface area contributed by atoms with Crippen molar-refractivity contribution in [1.82, 2.24) is 15.5 Å². The molecule has 17 heavy (non-hydrogen) atoms. The maximum atomic E-state index is 9.26. The molecule has 0 saturated carbocycles. The van der Waals surface area contributed by atoms with Gasteiger partial charge in [0.15, 0.2) is 0 Å². The van der Waals surface area contributed by atoms with Crippen LogP contribution in [0, 0.1) is 0 Å². The molecular weight excluding hydrogens is 220 g/mol. The Morgan fingerprint density at radius 1 is 1.41 bits per heavy atom. The normalized spacial score (nSPS) is 11.8. The minimum absolute atomic E-state index is 0.0231. The summed E-state index contributed by atoms with van der Waals surface area (Å²) in [6.45, 7) is 7.45. The van der Waals surface area contributed by atoms with Gasteiger partial charge >= 0.3 is 6.01 Å². The van der Waals surface area contributed by atoms with E-state index >= 15 is 0 Å². The topological polar surface area (TPSA) is 74.4 Å². The number of aromatic nitrogens is 2. The van der Waals surface area contributed by atoms with Gasteiger partial charge in [0.2, 0.25) is 5.89 Å². The third-order valence-electron chi connectivity index (χ3n) is 2.74. The second-order valence-electron chi connectivity index (χ2n) is 4.68. The lowest BCUT2D eigenvalue weighted by atomic mass is 10.1. The SMILES string of the molecule is CCCNCc1nnc(N(C)C(C)(C)CO)o1. The maximum Gasteiger partial charge on any atom is 0.318 e. The van der Waals surface area contributed by atoms with E-state index in [0.717, 1.165) is 13.0 Å². The summed E-state index contributed by atoms with van der Waals surface area (Å²) in [5, 5.41) is 20.4. The predicted molar refractivity (Wildman–Crippen MR) is 65.9 cm³/mol. The average Bonchev–Trinajstić information content (AvgIpc) is 2.77. The first-order valence-electron chi connectivity index (χ1n) is 5.89. The fourth-order valence-corrected chi connectivity index (χ4v) is 1.19. The van der Waals surface area contributed by atoms with E-state index in [1.54, 1.807) is 4.90 Å². The van der Waals surface area contributed by atoms with E-state index in [4.69, 9.17) is 4.42 Å². The molecule has 0 radical (unpaired) electrons. The number of likely N-dealkylation sites (N-methyl/N-ethyl adjacent to an activating group) is 1. The lowest BCUT2D eigenvalue weighted by Gasteiger charge is -2.31. The Balaban J connectivity index is 2.61. The molecular formula is C11H22N4O2. The predicted octanol–water partition coefficient (Wildman–Crippen LogP) is 0.776. The van der Waals surface area contributed by atoms with Crippen molar-refractivity contribution in [1.29, 1.82) is 0 Å². The van der Waals surface area contributed by atoms with Gasteiger partial charge in [-0.3, -0.25) is 0 Å². The van der Waals surface area contributed by atoms with Crippen LogP contribution in [0.25, 0.3) is 0 Å². The molecule has 2 N–H and O–H groups in total. The van der Waals surface area contributed by atoms with E-state index in [0.29, 0.717) is 18.5 Å². The van der Waals surface area contributed by atoms with Crippen LogP contribution in [0.15, 0.2) is 4.42 Å². The standard InChI is InChI=1S/C11H22N4O2/c1-5-6-12-7-9-13-14-10(17-9)15(4)11(2,3)8-16/h12,16H,5-8H2,1-4H3. The van der Waals surface area contributed by atoms with Gasteiger partial charge < -0.3 is 19.7 Å². The summed E-state index contributed by atoms with van der Waals surface area (Å²) in [6.07, 6.45) is 1.07. The Morgan fingerprint density at radius 3 is 2.71 bits per heavy atom. The van der Waals surface area contributed by atoms with E-state index in [1.165, 1.54) is 0 Å². The summed E-state index contributed by atoms with van der Waals surface area (Å²) in [7, 11) is 1.83. The van der Waals surface area contributed by atoms with Crippen LogP contribution in [0.3, 0.4) is 0 Å². The van der Waals surface area contributed by atoms with Gasteiger partial charge in [-0.25, -0.2) is 0 Å². The second kappa shape index (κ2) is 5.97. The van der Waals surface area contributed by atoms with Crippen molar-refractivity contribution < 1.29 is 9.52 Å². The van der Waals surface area contributed by atoms with Crippen LogP contribution in [0.1, 0.15) is 33.1 Å². The first-order chi connectivity index (χ1) is 8.01. The zero-order valence-corrected chi connectivity index (χ0v) is 11.0. The number of anilines is 1. The molecule has 6 nitrogen and oxygen atoms in total. The molecule has 1 heterocycles. The van der Waals surface area contributed by atoms with E-state index in [9.17, 15) is 5.11 Å². The number of hydrogen-bond acceptors (Lipinski definition) is 6. The lowest BCUT2D eigenvalue weighted by molar-refractivity contribution is 0.211. The Labute approximate surface area is 102 Å². The Morgan fingerprint density at radius 2 is 2.12 bits per heavy atom. The van der Waals surface area contributed by atoms with E-state index in [2.05, 4.69) is 22.4 Å². The average molecular weight is 242 g/mol. The molecule has 0 aliphatic carbocycles. The fourth-order valence-electron chi connectivity index (χ4n) is 1.19. The molecule has 0 aliphatic rings. The molecule has 0 aliphatic heterocycles. The molecule has 1 aromatic rings. The van der Waals surface area contributed by atoms with Crippen molar-refractivity contribution in [2.24, 2.45) is 0 Å². The van der Waals surface area contributed by atoms with E-state index in [-0.39, 0.29) is 6.61 Å². The summed E-state index contributed by atoms with van der Waals surface area (Å²) in [5.41, 5.74) is -0.416. The third-order valence-corrected chi connectivity index (χ3v) is 2.74. The maximum absolute atomic E-state index is 9.26. The molecule has 0 atom stereocenters. The van der Waals surface area contributed by atoms with Crippen LogP contribution in [0.4, 0.5) is 6.01 Å².